The van der Waals surface area contributed by atoms with Gasteiger partial charge in [0.2, 0.25) is 0 Å². The Kier molecular flexibility index (Phi) is 8.61. The van der Waals surface area contributed by atoms with Gasteiger partial charge in [-0.3, -0.25) is 0 Å². The molecule has 0 atom stereocenters. The number of nitrogens with one attached hydrogen (secondary N) is 1. The highest BCUT2D eigenvalue weighted by molar-refractivity contribution is 5.96. The molecule has 0 amide bonds. The molecule has 5 aromatic rings. The summed E-state index contributed by atoms with van der Waals surface area (Å²) in [5.41, 5.74) is 13.2. The number of halogens is 2. The van der Waals surface area contributed by atoms with Crippen molar-refractivity contribution in [3.05, 3.63) is 114 Å². The fraction of sp³-hybridized carbons (Fsp3) is 0.0714. The Hall–Kier alpha value is -3.44. The van der Waals surface area contributed by atoms with E-state index in [1.54, 1.807) is 0 Å². The van der Waals surface area contributed by atoms with Gasteiger partial charge in [0, 0.05) is 35.8 Å². The molecule has 6 heteroatoms. The molecule has 0 aliphatic carbocycles. The lowest BCUT2D eigenvalue weighted by molar-refractivity contribution is 1.07. The average Bonchev–Trinajstić information content (AvgIpc) is 2.88. The summed E-state index contributed by atoms with van der Waals surface area (Å²) < 4.78 is 0. The monoisotopic (exact) mass is 488 g/mol. The van der Waals surface area contributed by atoms with Crippen molar-refractivity contribution >= 4 is 41.5 Å². The van der Waals surface area contributed by atoms with Gasteiger partial charge in [-0.15, -0.1) is 24.8 Å². The zero-order valence-electron chi connectivity index (χ0n) is 18.5. The fourth-order valence-corrected chi connectivity index (χ4v) is 3.88. The Balaban J connectivity index is 0.00000162. The average molecular weight is 489 g/mol. The Bertz CT molecular complexity index is 1340. The van der Waals surface area contributed by atoms with Crippen molar-refractivity contribution in [2.45, 2.75) is 13.1 Å². The van der Waals surface area contributed by atoms with Crippen LogP contribution in [0, 0.1) is 0 Å². The van der Waals surface area contributed by atoms with E-state index >= 15 is 0 Å². The summed E-state index contributed by atoms with van der Waals surface area (Å²) >= 11 is 0. The van der Waals surface area contributed by atoms with E-state index < -0.39 is 0 Å². The van der Waals surface area contributed by atoms with Gasteiger partial charge in [-0.05, 0) is 28.8 Å². The van der Waals surface area contributed by atoms with E-state index in [-0.39, 0.29) is 24.8 Å². The minimum Gasteiger partial charge on any atom is -0.365 e. The number of aromatic nitrogens is 2. The molecule has 0 bridgehead atoms. The molecular weight excluding hydrogens is 463 g/mol. The van der Waals surface area contributed by atoms with Gasteiger partial charge >= 0.3 is 0 Å². The van der Waals surface area contributed by atoms with E-state index in [9.17, 15) is 0 Å². The Morgan fingerprint density at radius 3 is 2.06 bits per heavy atom. The predicted octanol–water partition coefficient (Wildman–Crippen LogP) is 6.88. The van der Waals surface area contributed by atoms with Crippen LogP contribution in [-0.2, 0) is 13.1 Å². The summed E-state index contributed by atoms with van der Waals surface area (Å²) in [5, 5.41) is 4.50. The lowest BCUT2D eigenvalue weighted by Gasteiger charge is -2.14. The third kappa shape index (κ3) is 5.37. The largest absolute Gasteiger partial charge is 0.365 e. The summed E-state index contributed by atoms with van der Waals surface area (Å²) in [6, 6.07) is 33.2. The molecular formula is C28H26Cl2N4. The Morgan fingerprint density at radius 1 is 0.706 bits per heavy atom. The van der Waals surface area contributed by atoms with Gasteiger partial charge in [0.25, 0.3) is 0 Å². The molecule has 34 heavy (non-hydrogen) atoms. The van der Waals surface area contributed by atoms with Gasteiger partial charge in [0.15, 0.2) is 0 Å². The van der Waals surface area contributed by atoms with Crippen LogP contribution in [0.2, 0.25) is 0 Å². The minimum absolute atomic E-state index is 0. The second-order valence-corrected chi connectivity index (χ2v) is 7.72. The molecule has 0 aliphatic rings. The zero-order chi connectivity index (χ0) is 21.8. The maximum atomic E-state index is 5.79. The van der Waals surface area contributed by atoms with Crippen LogP contribution in [0.25, 0.3) is 33.3 Å². The number of benzene rings is 3. The van der Waals surface area contributed by atoms with Crippen LogP contribution in [-0.4, -0.2) is 9.97 Å². The SMILES string of the molecule is Cl.Cl.NCc1ccc(-c2nc3ccnc(NCc4ccccc4)c3cc2-c2ccccc2)cc1. The molecule has 0 spiro atoms. The summed E-state index contributed by atoms with van der Waals surface area (Å²) in [6.07, 6.45) is 1.81. The minimum atomic E-state index is 0. The number of anilines is 1. The van der Waals surface area contributed by atoms with E-state index in [0.29, 0.717) is 13.1 Å². The molecule has 172 valence electrons. The maximum Gasteiger partial charge on any atom is 0.135 e. The van der Waals surface area contributed by atoms with Crippen LogP contribution in [0.3, 0.4) is 0 Å². The third-order valence-corrected chi connectivity index (χ3v) is 5.59. The second-order valence-electron chi connectivity index (χ2n) is 7.72. The van der Waals surface area contributed by atoms with Crippen LogP contribution in [0.5, 0.6) is 0 Å². The first-order valence-corrected chi connectivity index (χ1v) is 10.7. The quantitative estimate of drug-likeness (QED) is 0.273. The van der Waals surface area contributed by atoms with Crippen molar-refractivity contribution in [1.82, 2.24) is 9.97 Å². The highest BCUT2D eigenvalue weighted by Crippen LogP contribution is 2.35. The first kappa shape index (κ1) is 25.2. The number of nitrogens with zero attached hydrogens (tertiary/aromatic N) is 2. The van der Waals surface area contributed by atoms with E-state index in [1.165, 1.54) is 5.56 Å². The molecule has 0 radical (unpaired) electrons. The number of nitrogens with two attached hydrogens (primary N) is 1. The van der Waals surface area contributed by atoms with Crippen LogP contribution >= 0.6 is 24.8 Å². The zero-order valence-corrected chi connectivity index (χ0v) is 20.2. The van der Waals surface area contributed by atoms with E-state index in [0.717, 1.165) is 44.7 Å². The lowest BCUT2D eigenvalue weighted by Crippen LogP contribution is -2.03. The molecule has 5 rings (SSSR count). The van der Waals surface area contributed by atoms with Crippen LogP contribution in [0.4, 0.5) is 5.82 Å². The van der Waals surface area contributed by atoms with Gasteiger partial charge in [-0.1, -0.05) is 84.9 Å². The Morgan fingerprint density at radius 2 is 1.38 bits per heavy atom. The van der Waals surface area contributed by atoms with Crippen molar-refractivity contribution in [1.29, 1.82) is 0 Å². The fourth-order valence-electron chi connectivity index (χ4n) is 3.88. The third-order valence-electron chi connectivity index (χ3n) is 5.59. The molecule has 0 saturated carbocycles. The second kappa shape index (κ2) is 11.6. The van der Waals surface area contributed by atoms with Gasteiger partial charge in [-0.2, -0.15) is 0 Å². The van der Waals surface area contributed by atoms with Crippen molar-refractivity contribution in [2.75, 3.05) is 5.32 Å². The molecule has 3 N–H and O–H groups in total. The number of fused-ring (bicyclic) bond motifs is 1. The predicted molar refractivity (Wildman–Crippen MR) is 147 cm³/mol. The summed E-state index contributed by atoms with van der Waals surface area (Å²) in [7, 11) is 0. The molecule has 3 aromatic carbocycles. The molecule has 0 aliphatic heterocycles. The van der Waals surface area contributed by atoms with Crippen molar-refractivity contribution < 1.29 is 0 Å². The van der Waals surface area contributed by atoms with E-state index in [1.807, 2.05) is 36.5 Å². The first-order valence-electron chi connectivity index (χ1n) is 10.7. The molecule has 2 heterocycles. The van der Waals surface area contributed by atoms with Gasteiger partial charge < -0.3 is 11.1 Å². The topological polar surface area (TPSA) is 63.8 Å². The normalized spacial score (nSPS) is 10.3. The van der Waals surface area contributed by atoms with Crippen molar-refractivity contribution in [2.24, 2.45) is 5.73 Å². The molecule has 2 aromatic heterocycles. The van der Waals surface area contributed by atoms with Crippen LogP contribution in [0.15, 0.2) is 103 Å². The number of hydrogen-bond acceptors (Lipinski definition) is 4. The highest BCUT2D eigenvalue weighted by Gasteiger charge is 2.14. The first-order chi connectivity index (χ1) is 15.8. The summed E-state index contributed by atoms with van der Waals surface area (Å²) in [6.45, 7) is 1.23. The Labute approximate surface area is 212 Å². The van der Waals surface area contributed by atoms with Crippen molar-refractivity contribution in [3.63, 3.8) is 0 Å². The summed E-state index contributed by atoms with van der Waals surface area (Å²) in [5.74, 6) is 0.834. The summed E-state index contributed by atoms with van der Waals surface area (Å²) in [4.78, 5) is 9.70. The highest BCUT2D eigenvalue weighted by atomic mass is 35.5. The van der Waals surface area contributed by atoms with E-state index in [2.05, 4.69) is 77.0 Å². The molecule has 4 nitrogen and oxygen atoms in total. The smallest absolute Gasteiger partial charge is 0.135 e. The molecule has 0 unspecified atom stereocenters. The van der Waals surface area contributed by atoms with Gasteiger partial charge in [0.05, 0.1) is 11.2 Å². The molecule has 0 fully saturated rings. The lowest BCUT2D eigenvalue weighted by atomic mass is 9.97. The van der Waals surface area contributed by atoms with E-state index in [4.69, 9.17) is 10.7 Å². The maximum absolute atomic E-state index is 5.79. The van der Waals surface area contributed by atoms with Crippen LogP contribution in [0.1, 0.15) is 11.1 Å². The van der Waals surface area contributed by atoms with Crippen molar-refractivity contribution in [3.8, 4) is 22.4 Å². The number of pyridine rings is 2. The van der Waals surface area contributed by atoms with Gasteiger partial charge in [-0.25, -0.2) is 9.97 Å². The number of rotatable bonds is 6. The molecule has 0 saturated heterocycles. The standard InChI is InChI=1S/C28H24N4.2ClH/c29-18-20-11-13-23(14-12-20)27-24(22-9-5-2-6-10-22)17-25-26(32-27)15-16-30-28(25)31-19-21-7-3-1-4-8-21;;/h1-17H,18-19,29H2,(H,30,31);2*1H. The van der Waals surface area contributed by atoms with Crippen LogP contribution < -0.4 is 11.1 Å². The van der Waals surface area contributed by atoms with Gasteiger partial charge in [0.1, 0.15) is 5.82 Å². The number of hydrogen-bond donors (Lipinski definition) is 2.